The van der Waals surface area contributed by atoms with E-state index in [-0.39, 0.29) is 18.5 Å². The summed E-state index contributed by atoms with van der Waals surface area (Å²) in [5.74, 6) is -0.203. The smallest absolute Gasteiger partial charge is 0.255 e. The molecule has 2 aromatic rings. The number of carbonyl (C=O) groups is 1. The van der Waals surface area contributed by atoms with Crippen LogP contribution in [0.25, 0.3) is 0 Å². The number of nitrogens with one attached hydrogen (secondary N) is 1. The topological polar surface area (TPSA) is 64.3 Å². The third kappa shape index (κ3) is 4.49. The van der Waals surface area contributed by atoms with Gasteiger partial charge in [0.2, 0.25) is 0 Å². The van der Waals surface area contributed by atoms with E-state index in [1.54, 1.807) is 18.2 Å². The van der Waals surface area contributed by atoms with E-state index in [1.807, 2.05) is 25.1 Å². The van der Waals surface area contributed by atoms with Crippen molar-refractivity contribution in [3.63, 3.8) is 0 Å². The zero-order chi connectivity index (χ0) is 15.2. The van der Waals surface area contributed by atoms with Gasteiger partial charge in [-0.2, -0.15) is 0 Å². The van der Waals surface area contributed by atoms with Crippen molar-refractivity contribution in [2.75, 3.05) is 11.9 Å². The van der Waals surface area contributed by atoms with Gasteiger partial charge in [0.05, 0.1) is 0 Å². The Bertz CT molecular complexity index is 614. The van der Waals surface area contributed by atoms with Gasteiger partial charge in [0.25, 0.3) is 5.91 Å². The van der Waals surface area contributed by atoms with E-state index in [0.29, 0.717) is 5.75 Å². The van der Waals surface area contributed by atoms with Crippen LogP contribution in [0.4, 0.5) is 10.1 Å². The van der Waals surface area contributed by atoms with Crippen LogP contribution in [0.15, 0.2) is 48.5 Å². The summed E-state index contributed by atoms with van der Waals surface area (Å²) in [6, 6.07) is 13.6. The standard InChI is InChI=1S/C16H17FN2O2/c1-11(12-3-2-4-13(17)9-12)19-14-5-7-15(8-6-14)21-10-16(18)20/h2-9,11,19H,10H2,1H3,(H2,18,20). The molecule has 110 valence electrons. The predicted octanol–water partition coefficient (Wildman–Crippen LogP) is 2.86. The first-order valence-electron chi connectivity index (χ1n) is 6.58. The number of hydrogen-bond donors (Lipinski definition) is 2. The van der Waals surface area contributed by atoms with Gasteiger partial charge in [-0.15, -0.1) is 0 Å². The number of rotatable bonds is 6. The van der Waals surface area contributed by atoms with Crippen LogP contribution >= 0.6 is 0 Å². The average Bonchev–Trinajstić information content (AvgIpc) is 2.46. The van der Waals surface area contributed by atoms with Crippen LogP contribution in [-0.2, 0) is 4.79 Å². The van der Waals surface area contributed by atoms with Crippen LogP contribution in [0.2, 0.25) is 0 Å². The van der Waals surface area contributed by atoms with Crippen molar-refractivity contribution in [1.82, 2.24) is 0 Å². The molecule has 0 aliphatic carbocycles. The minimum Gasteiger partial charge on any atom is -0.484 e. The van der Waals surface area contributed by atoms with Gasteiger partial charge < -0.3 is 15.8 Å². The van der Waals surface area contributed by atoms with Crippen LogP contribution in [0.1, 0.15) is 18.5 Å². The fourth-order valence-corrected chi connectivity index (χ4v) is 1.91. The van der Waals surface area contributed by atoms with Crippen LogP contribution in [-0.4, -0.2) is 12.5 Å². The molecule has 1 amide bonds. The Balaban J connectivity index is 1.98. The van der Waals surface area contributed by atoms with Crippen molar-refractivity contribution >= 4 is 11.6 Å². The molecular formula is C16H17FN2O2. The van der Waals surface area contributed by atoms with E-state index < -0.39 is 5.91 Å². The van der Waals surface area contributed by atoms with Crippen molar-refractivity contribution in [1.29, 1.82) is 0 Å². The summed E-state index contributed by atoms with van der Waals surface area (Å²) < 4.78 is 18.4. The second kappa shape index (κ2) is 6.74. The Morgan fingerprint density at radius 1 is 1.29 bits per heavy atom. The van der Waals surface area contributed by atoms with E-state index in [0.717, 1.165) is 11.3 Å². The molecule has 0 aliphatic rings. The number of hydrogen-bond acceptors (Lipinski definition) is 3. The van der Waals surface area contributed by atoms with Gasteiger partial charge in [-0.25, -0.2) is 4.39 Å². The number of amides is 1. The van der Waals surface area contributed by atoms with Gasteiger partial charge in [0.15, 0.2) is 6.61 Å². The second-order valence-electron chi connectivity index (χ2n) is 4.70. The molecule has 0 aromatic heterocycles. The fraction of sp³-hybridized carbons (Fsp3) is 0.188. The number of nitrogens with two attached hydrogens (primary N) is 1. The molecule has 2 rings (SSSR count). The summed E-state index contributed by atoms with van der Waals surface area (Å²) in [5.41, 5.74) is 6.74. The minimum atomic E-state index is -0.517. The maximum Gasteiger partial charge on any atom is 0.255 e. The molecule has 1 unspecified atom stereocenters. The van der Waals surface area contributed by atoms with Crippen molar-refractivity contribution in [3.8, 4) is 5.75 Å². The lowest BCUT2D eigenvalue weighted by atomic mass is 10.1. The number of benzene rings is 2. The van der Waals surface area contributed by atoms with Crippen molar-refractivity contribution < 1.29 is 13.9 Å². The number of primary amides is 1. The average molecular weight is 288 g/mol. The van der Waals surface area contributed by atoms with E-state index in [2.05, 4.69) is 5.32 Å². The lowest BCUT2D eigenvalue weighted by Crippen LogP contribution is -2.19. The summed E-state index contributed by atoms with van der Waals surface area (Å²) >= 11 is 0. The highest BCUT2D eigenvalue weighted by molar-refractivity contribution is 5.75. The second-order valence-corrected chi connectivity index (χ2v) is 4.70. The van der Waals surface area contributed by atoms with Crippen LogP contribution in [0.3, 0.4) is 0 Å². The number of ether oxygens (including phenoxy) is 1. The molecule has 0 aliphatic heterocycles. The molecule has 0 radical (unpaired) electrons. The van der Waals surface area contributed by atoms with Gasteiger partial charge >= 0.3 is 0 Å². The summed E-state index contributed by atoms with van der Waals surface area (Å²) in [5, 5.41) is 3.26. The Hall–Kier alpha value is -2.56. The van der Waals surface area contributed by atoms with Gasteiger partial charge in [0, 0.05) is 11.7 Å². The predicted molar refractivity (Wildman–Crippen MR) is 79.6 cm³/mol. The Labute approximate surface area is 122 Å². The van der Waals surface area contributed by atoms with Crippen molar-refractivity contribution in [2.45, 2.75) is 13.0 Å². The van der Waals surface area contributed by atoms with Crippen LogP contribution in [0, 0.1) is 5.82 Å². The highest BCUT2D eigenvalue weighted by Gasteiger charge is 2.06. The first kappa shape index (κ1) is 14.8. The maximum absolute atomic E-state index is 13.2. The zero-order valence-electron chi connectivity index (χ0n) is 11.7. The summed E-state index contributed by atoms with van der Waals surface area (Å²) in [6.45, 7) is 1.80. The lowest BCUT2D eigenvalue weighted by molar-refractivity contribution is -0.119. The largest absolute Gasteiger partial charge is 0.484 e. The number of halogens is 1. The van der Waals surface area contributed by atoms with E-state index in [9.17, 15) is 9.18 Å². The first-order valence-corrected chi connectivity index (χ1v) is 6.58. The molecule has 21 heavy (non-hydrogen) atoms. The van der Waals surface area contributed by atoms with Crippen LogP contribution < -0.4 is 15.8 Å². The molecule has 4 nitrogen and oxygen atoms in total. The third-order valence-corrected chi connectivity index (χ3v) is 2.97. The molecule has 0 bridgehead atoms. The normalized spacial score (nSPS) is 11.7. The van der Waals surface area contributed by atoms with Gasteiger partial charge in [-0.05, 0) is 48.9 Å². The van der Waals surface area contributed by atoms with Crippen LogP contribution in [0.5, 0.6) is 5.75 Å². The Kier molecular flexibility index (Phi) is 4.77. The highest BCUT2D eigenvalue weighted by Crippen LogP contribution is 2.22. The third-order valence-electron chi connectivity index (χ3n) is 2.97. The van der Waals surface area contributed by atoms with E-state index in [1.165, 1.54) is 12.1 Å². The molecule has 0 spiro atoms. The summed E-state index contributed by atoms with van der Waals surface area (Å²) in [7, 11) is 0. The monoisotopic (exact) mass is 288 g/mol. The molecular weight excluding hydrogens is 271 g/mol. The van der Waals surface area contributed by atoms with E-state index in [4.69, 9.17) is 10.5 Å². The molecule has 0 saturated heterocycles. The molecule has 0 fully saturated rings. The zero-order valence-corrected chi connectivity index (χ0v) is 11.7. The molecule has 0 saturated carbocycles. The fourth-order valence-electron chi connectivity index (χ4n) is 1.91. The maximum atomic E-state index is 13.2. The molecule has 3 N–H and O–H groups in total. The Morgan fingerprint density at radius 2 is 2.00 bits per heavy atom. The SMILES string of the molecule is CC(Nc1ccc(OCC(N)=O)cc1)c1cccc(F)c1. The minimum absolute atomic E-state index is 0.0295. The van der Waals surface area contributed by atoms with Gasteiger partial charge in [0.1, 0.15) is 11.6 Å². The molecule has 1 atom stereocenters. The quantitative estimate of drug-likeness (QED) is 0.859. The van der Waals surface area contributed by atoms with E-state index >= 15 is 0 Å². The first-order chi connectivity index (χ1) is 10.0. The molecule has 0 heterocycles. The van der Waals surface area contributed by atoms with Crippen molar-refractivity contribution in [2.24, 2.45) is 5.73 Å². The summed E-state index contributed by atoms with van der Waals surface area (Å²) in [6.07, 6.45) is 0. The van der Waals surface area contributed by atoms with Gasteiger partial charge in [-0.3, -0.25) is 4.79 Å². The lowest BCUT2D eigenvalue weighted by Gasteiger charge is -2.16. The molecule has 5 heteroatoms. The highest BCUT2D eigenvalue weighted by atomic mass is 19.1. The number of carbonyl (C=O) groups excluding carboxylic acids is 1. The molecule has 2 aromatic carbocycles. The summed E-state index contributed by atoms with van der Waals surface area (Å²) in [4.78, 5) is 10.6. The van der Waals surface area contributed by atoms with Crippen molar-refractivity contribution in [3.05, 3.63) is 59.9 Å². The van der Waals surface area contributed by atoms with Gasteiger partial charge in [-0.1, -0.05) is 12.1 Å². The Morgan fingerprint density at radius 3 is 2.62 bits per heavy atom. The number of anilines is 1.